The first-order valence-corrected chi connectivity index (χ1v) is 9.87. The summed E-state index contributed by atoms with van der Waals surface area (Å²) in [7, 11) is 1.32. The lowest BCUT2D eigenvalue weighted by molar-refractivity contribution is 0.0600. The molecule has 1 heterocycles. The summed E-state index contributed by atoms with van der Waals surface area (Å²) in [4.78, 5) is 28.1. The highest BCUT2D eigenvalue weighted by molar-refractivity contribution is 6.17. The van der Waals surface area contributed by atoms with E-state index in [1.807, 2.05) is 12.1 Å². The number of aryl methyl sites for hydroxylation is 1. The zero-order valence-corrected chi connectivity index (χ0v) is 17.1. The summed E-state index contributed by atoms with van der Waals surface area (Å²) in [6.07, 6.45) is 3.11. The van der Waals surface area contributed by atoms with Gasteiger partial charge in [0.2, 0.25) is 0 Å². The van der Waals surface area contributed by atoms with Crippen LogP contribution in [0.5, 0.6) is 0 Å². The molecule has 7 heteroatoms. The number of esters is 1. The van der Waals surface area contributed by atoms with E-state index < -0.39 is 5.97 Å². The van der Waals surface area contributed by atoms with E-state index in [2.05, 4.69) is 16.9 Å². The third-order valence-electron chi connectivity index (χ3n) is 4.95. The van der Waals surface area contributed by atoms with E-state index in [1.54, 1.807) is 30.3 Å². The van der Waals surface area contributed by atoms with Crippen molar-refractivity contribution in [2.24, 2.45) is 5.11 Å². The predicted octanol–water partition coefficient (Wildman–Crippen LogP) is 5.65. The Labute approximate surface area is 174 Å². The first-order chi connectivity index (χ1) is 14.6. The molecule has 0 unspecified atom stereocenters. The zero-order valence-electron chi connectivity index (χ0n) is 17.1. The largest absolute Gasteiger partial charge is 0.465 e. The molecule has 0 aliphatic heterocycles. The maximum atomic E-state index is 13.4. The maximum Gasteiger partial charge on any atom is 0.337 e. The molecule has 0 fully saturated rings. The molecule has 1 aromatic heterocycles. The van der Waals surface area contributed by atoms with Crippen LogP contribution in [0.25, 0.3) is 21.4 Å². The molecule has 3 rings (SSSR count). The topological polar surface area (TPSA) is 105 Å². The molecule has 30 heavy (non-hydrogen) atoms. The van der Waals surface area contributed by atoms with Crippen molar-refractivity contribution in [3.05, 3.63) is 80.9 Å². The van der Waals surface area contributed by atoms with E-state index in [4.69, 9.17) is 14.7 Å². The SMILES string of the molecule is CCCCc1oc2ccc(C(=O)OC)cc2c1C(=O)c1ccc(CCN=[N+]=[N-])cc1. The van der Waals surface area contributed by atoms with E-state index in [1.165, 1.54) is 7.11 Å². The first-order valence-electron chi connectivity index (χ1n) is 9.87. The van der Waals surface area contributed by atoms with Crippen molar-refractivity contribution < 1.29 is 18.7 Å². The average Bonchev–Trinajstić information content (AvgIpc) is 3.14. The lowest BCUT2D eigenvalue weighted by Gasteiger charge is -2.05. The average molecular weight is 405 g/mol. The minimum absolute atomic E-state index is 0.150. The van der Waals surface area contributed by atoms with Crippen LogP contribution in [-0.4, -0.2) is 25.4 Å². The van der Waals surface area contributed by atoms with E-state index in [0.717, 1.165) is 18.4 Å². The molecule has 0 spiro atoms. The van der Waals surface area contributed by atoms with Gasteiger partial charge in [0.1, 0.15) is 11.3 Å². The zero-order chi connectivity index (χ0) is 21.5. The number of ketones is 1. The van der Waals surface area contributed by atoms with Crippen LogP contribution in [0, 0.1) is 0 Å². The Hall–Kier alpha value is -3.57. The molecular formula is C23H23N3O4. The highest BCUT2D eigenvalue weighted by atomic mass is 16.5. The van der Waals surface area contributed by atoms with Gasteiger partial charge >= 0.3 is 5.97 Å². The van der Waals surface area contributed by atoms with Gasteiger partial charge in [-0.3, -0.25) is 4.79 Å². The van der Waals surface area contributed by atoms with Crippen LogP contribution < -0.4 is 0 Å². The van der Waals surface area contributed by atoms with E-state index in [9.17, 15) is 9.59 Å². The number of fused-ring (bicyclic) bond motifs is 1. The molecule has 0 atom stereocenters. The summed E-state index contributed by atoms with van der Waals surface area (Å²) >= 11 is 0. The third-order valence-corrected chi connectivity index (χ3v) is 4.95. The first kappa shape index (κ1) is 21.1. The van der Waals surface area contributed by atoms with Gasteiger partial charge in [-0.1, -0.05) is 42.7 Å². The maximum absolute atomic E-state index is 13.4. The Morgan fingerprint density at radius 3 is 2.50 bits per heavy atom. The Balaban J connectivity index is 2.01. The van der Waals surface area contributed by atoms with E-state index in [0.29, 0.717) is 52.8 Å². The summed E-state index contributed by atoms with van der Waals surface area (Å²) in [5, 5.41) is 4.14. The molecule has 0 N–H and O–H groups in total. The fourth-order valence-corrected chi connectivity index (χ4v) is 3.35. The molecule has 0 radical (unpaired) electrons. The van der Waals surface area contributed by atoms with Gasteiger partial charge < -0.3 is 9.15 Å². The second-order valence-electron chi connectivity index (χ2n) is 6.94. The second kappa shape index (κ2) is 9.76. The van der Waals surface area contributed by atoms with Gasteiger partial charge in [-0.2, -0.15) is 0 Å². The molecule has 0 amide bonds. The number of nitrogens with zero attached hydrogens (tertiary/aromatic N) is 3. The summed E-state index contributed by atoms with van der Waals surface area (Å²) in [6, 6.07) is 12.2. The van der Waals surface area contributed by atoms with Crippen molar-refractivity contribution in [3.8, 4) is 0 Å². The van der Waals surface area contributed by atoms with Gasteiger partial charge in [0.15, 0.2) is 5.78 Å². The number of rotatable bonds is 9. The number of benzene rings is 2. The van der Waals surface area contributed by atoms with Crippen LogP contribution in [0.1, 0.15) is 57.4 Å². The molecule has 0 saturated carbocycles. The van der Waals surface area contributed by atoms with Crippen molar-refractivity contribution >= 4 is 22.7 Å². The second-order valence-corrected chi connectivity index (χ2v) is 6.94. The minimum atomic E-state index is -0.462. The van der Waals surface area contributed by atoms with E-state index >= 15 is 0 Å². The standard InChI is InChI=1S/C23H23N3O4/c1-3-4-5-20-21(18-14-17(23(28)29-2)10-11-19(18)30-20)22(27)16-8-6-15(7-9-16)12-13-25-26-24/h6-11,14H,3-5,12-13H2,1-2H3. The minimum Gasteiger partial charge on any atom is -0.465 e. The van der Waals surface area contributed by atoms with Gasteiger partial charge in [0, 0.05) is 28.8 Å². The monoisotopic (exact) mass is 405 g/mol. The lowest BCUT2D eigenvalue weighted by Crippen LogP contribution is -2.05. The van der Waals surface area contributed by atoms with Crippen LogP contribution in [0.2, 0.25) is 0 Å². The van der Waals surface area contributed by atoms with Crippen LogP contribution >= 0.6 is 0 Å². The smallest absolute Gasteiger partial charge is 0.337 e. The highest BCUT2D eigenvalue weighted by Gasteiger charge is 2.23. The fraction of sp³-hybridized carbons (Fsp3) is 0.304. The molecule has 2 aromatic carbocycles. The summed E-state index contributed by atoms with van der Waals surface area (Å²) in [5.41, 5.74) is 11.3. The lowest BCUT2D eigenvalue weighted by atomic mass is 9.96. The Bertz CT molecular complexity index is 1110. The molecule has 7 nitrogen and oxygen atoms in total. The van der Waals surface area contributed by atoms with Gasteiger partial charge in [-0.05, 0) is 42.1 Å². The van der Waals surface area contributed by atoms with Crippen molar-refractivity contribution in [1.82, 2.24) is 0 Å². The van der Waals surface area contributed by atoms with Crippen molar-refractivity contribution in [1.29, 1.82) is 0 Å². The highest BCUT2D eigenvalue weighted by Crippen LogP contribution is 2.30. The van der Waals surface area contributed by atoms with Crippen molar-refractivity contribution in [2.45, 2.75) is 32.6 Å². The van der Waals surface area contributed by atoms with Gasteiger partial charge in [-0.25, -0.2) is 4.79 Å². The number of carbonyl (C=O) groups is 2. The van der Waals surface area contributed by atoms with Gasteiger partial charge in [0.05, 0.1) is 18.2 Å². The summed E-state index contributed by atoms with van der Waals surface area (Å²) in [5.74, 6) is 0.0192. The number of methoxy groups -OCH3 is 1. The summed E-state index contributed by atoms with van der Waals surface area (Å²) in [6.45, 7) is 2.45. The molecule has 3 aromatic rings. The molecule has 0 saturated heterocycles. The fourth-order valence-electron chi connectivity index (χ4n) is 3.35. The Morgan fingerprint density at radius 1 is 1.10 bits per heavy atom. The van der Waals surface area contributed by atoms with Crippen LogP contribution in [0.4, 0.5) is 0 Å². The Morgan fingerprint density at radius 2 is 1.83 bits per heavy atom. The van der Waals surface area contributed by atoms with Crippen LogP contribution in [-0.2, 0) is 17.6 Å². The van der Waals surface area contributed by atoms with Crippen molar-refractivity contribution in [2.75, 3.05) is 13.7 Å². The quantitative estimate of drug-likeness (QED) is 0.151. The van der Waals surface area contributed by atoms with E-state index in [-0.39, 0.29) is 5.78 Å². The molecule has 0 aliphatic carbocycles. The number of ether oxygens (including phenoxy) is 1. The molecule has 0 bridgehead atoms. The van der Waals surface area contributed by atoms with Crippen LogP contribution in [0.3, 0.4) is 0 Å². The third kappa shape index (κ3) is 4.53. The molecular weight excluding hydrogens is 382 g/mol. The Kier molecular flexibility index (Phi) is 6.88. The summed E-state index contributed by atoms with van der Waals surface area (Å²) < 4.78 is 10.8. The van der Waals surface area contributed by atoms with Gasteiger partial charge in [0.25, 0.3) is 0 Å². The van der Waals surface area contributed by atoms with Crippen molar-refractivity contribution in [3.63, 3.8) is 0 Å². The van der Waals surface area contributed by atoms with Gasteiger partial charge in [-0.15, -0.1) is 0 Å². The normalized spacial score (nSPS) is 10.6. The molecule has 154 valence electrons. The number of carbonyl (C=O) groups excluding carboxylic acids is 2. The van der Waals surface area contributed by atoms with Crippen LogP contribution in [0.15, 0.2) is 52.0 Å². The number of furan rings is 1. The predicted molar refractivity (Wildman–Crippen MR) is 114 cm³/mol. The number of unbranched alkanes of at least 4 members (excludes halogenated alkanes) is 1. The number of hydrogen-bond acceptors (Lipinski definition) is 5. The number of hydrogen-bond donors (Lipinski definition) is 0. The molecule has 0 aliphatic rings. The number of azide groups is 1.